The lowest BCUT2D eigenvalue weighted by atomic mass is 10.1. The first-order chi connectivity index (χ1) is 11.8. The molecular formula is C17H17ClN2O4S. The first-order valence-electron chi connectivity index (χ1n) is 7.38. The molecule has 0 saturated heterocycles. The quantitative estimate of drug-likeness (QED) is 0.773. The molecule has 2 rings (SSSR count). The van der Waals surface area contributed by atoms with Crippen LogP contribution in [0.25, 0.3) is 0 Å². The lowest BCUT2D eigenvalue weighted by molar-refractivity contribution is -0.119. The third kappa shape index (κ3) is 4.80. The lowest BCUT2D eigenvalue weighted by Gasteiger charge is -2.09. The third-order valence-electron chi connectivity index (χ3n) is 3.36. The van der Waals surface area contributed by atoms with Gasteiger partial charge < -0.3 is 15.4 Å². The van der Waals surface area contributed by atoms with Crippen molar-refractivity contribution in [3.05, 3.63) is 45.3 Å². The summed E-state index contributed by atoms with van der Waals surface area (Å²) in [6, 6.07) is 6.75. The van der Waals surface area contributed by atoms with Crippen LogP contribution in [0.5, 0.6) is 0 Å². The van der Waals surface area contributed by atoms with Crippen molar-refractivity contribution in [3.63, 3.8) is 0 Å². The van der Waals surface area contributed by atoms with Gasteiger partial charge in [0.15, 0.2) is 6.61 Å². The minimum atomic E-state index is -0.667. The molecule has 2 amide bonds. The number of carbonyl (C=O) groups excluding carboxylic acids is 3. The predicted molar refractivity (Wildman–Crippen MR) is 98.5 cm³/mol. The Morgan fingerprint density at radius 1 is 1.16 bits per heavy atom. The average molecular weight is 381 g/mol. The lowest BCUT2D eigenvalue weighted by Crippen LogP contribution is -2.21. The van der Waals surface area contributed by atoms with Gasteiger partial charge in [-0.05, 0) is 31.5 Å². The number of halogens is 1. The van der Waals surface area contributed by atoms with Crippen molar-refractivity contribution in [2.75, 3.05) is 17.2 Å². The molecule has 6 nitrogen and oxygen atoms in total. The Hall–Kier alpha value is -2.38. The van der Waals surface area contributed by atoms with E-state index in [0.29, 0.717) is 21.3 Å². The number of thiophene rings is 1. The summed E-state index contributed by atoms with van der Waals surface area (Å²) in [6.07, 6.45) is 0. The fourth-order valence-electron chi connectivity index (χ4n) is 2.07. The van der Waals surface area contributed by atoms with E-state index in [1.807, 2.05) is 6.92 Å². The zero-order chi connectivity index (χ0) is 18.6. The molecule has 0 unspecified atom stereocenters. The van der Waals surface area contributed by atoms with Crippen LogP contribution >= 0.6 is 22.9 Å². The number of nitrogens with one attached hydrogen (secondary N) is 2. The van der Waals surface area contributed by atoms with Crippen LogP contribution in [0.4, 0.5) is 10.7 Å². The van der Waals surface area contributed by atoms with Gasteiger partial charge in [0.25, 0.3) is 5.91 Å². The molecule has 0 aliphatic rings. The fourth-order valence-corrected chi connectivity index (χ4v) is 3.35. The van der Waals surface area contributed by atoms with Crippen LogP contribution in [0.1, 0.15) is 27.7 Å². The Labute approximate surface area is 154 Å². The molecule has 0 saturated carbocycles. The highest BCUT2D eigenvalue weighted by Crippen LogP contribution is 2.33. The molecule has 0 aliphatic heterocycles. The number of anilines is 2. The second-order valence-electron chi connectivity index (χ2n) is 5.27. The second kappa shape index (κ2) is 8.13. The summed E-state index contributed by atoms with van der Waals surface area (Å²) < 4.78 is 5.08. The number of amides is 2. The number of ether oxygens (including phenoxy) is 1. The molecule has 25 heavy (non-hydrogen) atoms. The maximum absolute atomic E-state index is 12.3. The highest BCUT2D eigenvalue weighted by Gasteiger charge is 2.22. The van der Waals surface area contributed by atoms with Crippen LogP contribution in [0.3, 0.4) is 0 Å². The third-order valence-corrected chi connectivity index (χ3v) is 4.81. The topological polar surface area (TPSA) is 84.5 Å². The Kier molecular flexibility index (Phi) is 6.17. The van der Waals surface area contributed by atoms with Gasteiger partial charge in [0, 0.05) is 11.8 Å². The number of hydrogen-bond acceptors (Lipinski definition) is 5. The van der Waals surface area contributed by atoms with Crippen molar-refractivity contribution in [1.29, 1.82) is 0 Å². The number of rotatable bonds is 5. The van der Waals surface area contributed by atoms with Crippen LogP contribution in [0.2, 0.25) is 5.02 Å². The van der Waals surface area contributed by atoms with E-state index in [2.05, 4.69) is 10.6 Å². The van der Waals surface area contributed by atoms with E-state index >= 15 is 0 Å². The summed E-state index contributed by atoms with van der Waals surface area (Å²) in [5, 5.41) is 5.98. The standard InChI is InChI=1S/C17H17ClN2O4S/c1-9-10(2)25-16(19-11(3)21)15(9)17(23)24-8-14(22)20-13-7-5-4-6-12(13)18/h4-7H,8H2,1-3H3,(H,19,21)(H,20,22). The van der Waals surface area contributed by atoms with Crippen molar-refractivity contribution in [2.24, 2.45) is 0 Å². The zero-order valence-corrected chi connectivity index (χ0v) is 15.5. The van der Waals surface area contributed by atoms with E-state index in [0.717, 1.165) is 4.88 Å². The Balaban J connectivity index is 2.04. The van der Waals surface area contributed by atoms with Crippen molar-refractivity contribution >= 4 is 51.4 Å². The number of hydrogen-bond donors (Lipinski definition) is 2. The summed E-state index contributed by atoms with van der Waals surface area (Å²) in [5.41, 5.74) is 1.42. The molecule has 0 fully saturated rings. The van der Waals surface area contributed by atoms with E-state index in [4.69, 9.17) is 16.3 Å². The van der Waals surface area contributed by atoms with Gasteiger partial charge in [-0.15, -0.1) is 11.3 Å². The summed E-state index contributed by atoms with van der Waals surface area (Å²) in [4.78, 5) is 36.4. The van der Waals surface area contributed by atoms with Gasteiger partial charge in [0.2, 0.25) is 5.91 Å². The smallest absolute Gasteiger partial charge is 0.341 e. The van der Waals surface area contributed by atoms with Crippen molar-refractivity contribution in [3.8, 4) is 0 Å². The average Bonchev–Trinajstić information content (AvgIpc) is 2.81. The van der Waals surface area contributed by atoms with Crippen LogP contribution in [-0.4, -0.2) is 24.4 Å². The number of aryl methyl sites for hydroxylation is 1. The number of benzene rings is 1. The van der Waals surface area contributed by atoms with Gasteiger partial charge in [0.05, 0.1) is 16.3 Å². The molecule has 2 aromatic rings. The Morgan fingerprint density at radius 2 is 1.84 bits per heavy atom. The van der Waals surface area contributed by atoms with Gasteiger partial charge >= 0.3 is 5.97 Å². The van der Waals surface area contributed by atoms with Gasteiger partial charge in [-0.3, -0.25) is 9.59 Å². The fraction of sp³-hybridized carbons (Fsp3) is 0.235. The summed E-state index contributed by atoms with van der Waals surface area (Å²) in [5.74, 6) is -1.46. The van der Waals surface area contributed by atoms with Crippen molar-refractivity contribution < 1.29 is 19.1 Å². The summed E-state index contributed by atoms with van der Waals surface area (Å²) in [7, 11) is 0. The second-order valence-corrected chi connectivity index (χ2v) is 6.90. The molecule has 0 radical (unpaired) electrons. The minimum Gasteiger partial charge on any atom is -0.452 e. The van der Waals surface area contributed by atoms with E-state index in [-0.39, 0.29) is 11.5 Å². The molecular weight excluding hydrogens is 364 g/mol. The van der Waals surface area contributed by atoms with Crippen LogP contribution in [0.15, 0.2) is 24.3 Å². The molecule has 1 aromatic heterocycles. The first kappa shape index (κ1) is 19.0. The van der Waals surface area contributed by atoms with E-state index < -0.39 is 18.5 Å². The molecule has 2 N–H and O–H groups in total. The first-order valence-corrected chi connectivity index (χ1v) is 8.58. The molecule has 0 atom stereocenters. The van der Waals surface area contributed by atoms with E-state index in [9.17, 15) is 14.4 Å². The molecule has 1 aromatic carbocycles. The Morgan fingerprint density at radius 3 is 2.48 bits per heavy atom. The van der Waals surface area contributed by atoms with Gasteiger partial charge in [0.1, 0.15) is 5.00 Å². The molecule has 1 heterocycles. The van der Waals surface area contributed by atoms with E-state index in [1.54, 1.807) is 31.2 Å². The molecule has 132 valence electrons. The van der Waals surface area contributed by atoms with Crippen LogP contribution < -0.4 is 10.6 Å². The molecule has 8 heteroatoms. The van der Waals surface area contributed by atoms with Gasteiger partial charge in [-0.25, -0.2) is 4.79 Å². The maximum atomic E-state index is 12.3. The highest BCUT2D eigenvalue weighted by atomic mass is 35.5. The van der Waals surface area contributed by atoms with Crippen molar-refractivity contribution in [2.45, 2.75) is 20.8 Å². The summed E-state index contributed by atoms with van der Waals surface area (Å²) >= 11 is 7.24. The molecule has 0 spiro atoms. The predicted octanol–water partition coefficient (Wildman–Crippen LogP) is 3.77. The largest absolute Gasteiger partial charge is 0.452 e. The normalized spacial score (nSPS) is 10.2. The number of para-hydroxylation sites is 1. The van der Waals surface area contributed by atoms with Crippen LogP contribution in [-0.2, 0) is 14.3 Å². The Bertz CT molecular complexity index is 832. The molecule has 0 aliphatic carbocycles. The van der Waals surface area contributed by atoms with Crippen LogP contribution in [0, 0.1) is 13.8 Å². The van der Waals surface area contributed by atoms with Gasteiger partial charge in [-0.1, -0.05) is 23.7 Å². The zero-order valence-electron chi connectivity index (χ0n) is 13.9. The SMILES string of the molecule is CC(=O)Nc1sc(C)c(C)c1C(=O)OCC(=O)Nc1ccccc1Cl. The number of carbonyl (C=O) groups is 3. The monoisotopic (exact) mass is 380 g/mol. The minimum absolute atomic E-state index is 0.267. The number of esters is 1. The highest BCUT2D eigenvalue weighted by molar-refractivity contribution is 7.16. The van der Waals surface area contributed by atoms with E-state index in [1.165, 1.54) is 18.3 Å². The van der Waals surface area contributed by atoms with Crippen molar-refractivity contribution in [1.82, 2.24) is 0 Å². The van der Waals surface area contributed by atoms with Gasteiger partial charge in [-0.2, -0.15) is 0 Å². The summed E-state index contributed by atoms with van der Waals surface area (Å²) in [6.45, 7) is 4.50. The maximum Gasteiger partial charge on any atom is 0.341 e. The molecule has 0 bridgehead atoms.